The fraction of sp³-hybridized carbons (Fsp3) is 0.444. The predicted molar refractivity (Wildman–Crippen MR) is 98.9 cm³/mol. The number of nitrogens with one attached hydrogen (secondary N) is 2. The van der Waals surface area contributed by atoms with E-state index in [0.717, 1.165) is 31.6 Å². The molecule has 5 nitrogen and oxygen atoms in total. The van der Waals surface area contributed by atoms with Gasteiger partial charge in [-0.3, -0.25) is 4.79 Å². The lowest BCUT2D eigenvalue weighted by molar-refractivity contribution is -0.121. The van der Waals surface area contributed by atoms with E-state index in [4.69, 9.17) is 27.6 Å². The summed E-state index contributed by atoms with van der Waals surface area (Å²) in [5.74, 6) is 1.65. The van der Waals surface area contributed by atoms with Crippen LogP contribution in [0, 0.1) is 5.92 Å². The quantitative estimate of drug-likeness (QED) is 0.800. The van der Waals surface area contributed by atoms with Crippen LogP contribution in [0.25, 0.3) is 11.3 Å². The maximum atomic E-state index is 12.0. The predicted octanol–water partition coefficient (Wildman–Crippen LogP) is 3.70. The Hall–Kier alpha value is -1.56. The third-order valence-electron chi connectivity index (χ3n) is 4.30. The summed E-state index contributed by atoms with van der Waals surface area (Å²) >= 11 is 12.1. The number of hydrogen-bond acceptors (Lipinski definition) is 4. The molecule has 1 amide bonds. The maximum Gasteiger partial charge on any atom is 0.220 e. The topological polar surface area (TPSA) is 67.2 Å². The van der Waals surface area contributed by atoms with Crippen LogP contribution in [0.2, 0.25) is 10.0 Å². The van der Waals surface area contributed by atoms with Crippen LogP contribution in [0.5, 0.6) is 0 Å². The van der Waals surface area contributed by atoms with Crippen molar-refractivity contribution in [1.82, 2.24) is 15.6 Å². The van der Waals surface area contributed by atoms with Gasteiger partial charge in [0.1, 0.15) is 0 Å². The molecule has 1 unspecified atom stereocenters. The summed E-state index contributed by atoms with van der Waals surface area (Å²) < 4.78 is 5.71. The number of rotatable bonds is 6. The molecule has 7 heteroatoms. The van der Waals surface area contributed by atoms with Gasteiger partial charge in [0.05, 0.1) is 11.2 Å². The number of piperidine rings is 1. The molecule has 1 fully saturated rings. The van der Waals surface area contributed by atoms with Crippen molar-refractivity contribution in [3.63, 3.8) is 0 Å². The first-order chi connectivity index (χ1) is 12.1. The molecule has 0 saturated carbocycles. The van der Waals surface area contributed by atoms with Crippen molar-refractivity contribution in [2.24, 2.45) is 5.92 Å². The zero-order chi connectivity index (χ0) is 17.6. The number of halogens is 2. The third kappa shape index (κ3) is 5.21. The van der Waals surface area contributed by atoms with Gasteiger partial charge in [0.25, 0.3) is 0 Å². The number of benzene rings is 1. The van der Waals surface area contributed by atoms with Crippen molar-refractivity contribution in [1.29, 1.82) is 0 Å². The molecular formula is C18H21Cl2N3O2. The molecular weight excluding hydrogens is 361 g/mol. The smallest absolute Gasteiger partial charge is 0.220 e. The molecule has 1 aliphatic rings. The zero-order valence-corrected chi connectivity index (χ0v) is 15.4. The molecule has 3 rings (SSSR count). The van der Waals surface area contributed by atoms with E-state index in [9.17, 15) is 4.79 Å². The van der Waals surface area contributed by atoms with Crippen LogP contribution >= 0.6 is 23.2 Å². The summed E-state index contributed by atoms with van der Waals surface area (Å²) in [5, 5.41) is 7.42. The number of amides is 1. The molecule has 25 heavy (non-hydrogen) atoms. The van der Waals surface area contributed by atoms with E-state index >= 15 is 0 Å². The lowest BCUT2D eigenvalue weighted by Gasteiger charge is -2.22. The van der Waals surface area contributed by atoms with Gasteiger partial charge in [-0.1, -0.05) is 23.2 Å². The molecule has 1 aromatic heterocycles. The lowest BCUT2D eigenvalue weighted by Crippen LogP contribution is -2.38. The molecule has 1 aliphatic heterocycles. The number of aromatic nitrogens is 1. The average Bonchev–Trinajstić information content (AvgIpc) is 3.08. The number of aryl methyl sites for hydroxylation is 1. The minimum atomic E-state index is 0.0230. The van der Waals surface area contributed by atoms with Gasteiger partial charge in [-0.2, -0.15) is 0 Å². The van der Waals surface area contributed by atoms with Gasteiger partial charge in [0.2, 0.25) is 5.91 Å². The number of nitrogens with zero attached hydrogens (tertiary/aromatic N) is 1. The van der Waals surface area contributed by atoms with Gasteiger partial charge in [-0.15, -0.1) is 0 Å². The Morgan fingerprint density at radius 2 is 2.28 bits per heavy atom. The van der Waals surface area contributed by atoms with Gasteiger partial charge in [0.15, 0.2) is 11.7 Å². The van der Waals surface area contributed by atoms with Crippen LogP contribution in [0.3, 0.4) is 0 Å². The Labute approximate surface area is 157 Å². The highest BCUT2D eigenvalue weighted by molar-refractivity contribution is 6.36. The highest BCUT2D eigenvalue weighted by Crippen LogP contribution is 2.30. The maximum absolute atomic E-state index is 12.0. The number of carbonyl (C=O) groups excluding carboxylic acids is 1. The number of oxazole rings is 1. The normalized spacial score (nSPS) is 17.4. The van der Waals surface area contributed by atoms with E-state index in [-0.39, 0.29) is 5.91 Å². The third-order valence-corrected chi connectivity index (χ3v) is 4.85. The van der Waals surface area contributed by atoms with Crippen molar-refractivity contribution in [2.75, 3.05) is 19.6 Å². The van der Waals surface area contributed by atoms with E-state index in [1.165, 1.54) is 6.42 Å². The van der Waals surface area contributed by atoms with Crippen LogP contribution in [-0.4, -0.2) is 30.5 Å². The first-order valence-corrected chi connectivity index (χ1v) is 9.25. The van der Waals surface area contributed by atoms with Crippen molar-refractivity contribution >= 4 is 29.1 Å². The lowest BCUT2D eigenvalue weighted by atomic mass is 10.00. The molecule has 1 atom stereocenters. The largest absolute Gasteiger partial charge is 0.441 e. The highest BCUT2D eigenvalue weighted by atomic mass is 35.5. The van der Waals surface area contributed by atoms with Crippen LogP contribution in [0.4, 0.5) is 0 Å². The molecule has 0 bridgehead atoms. The number of carbonyl (C=O) groups is 1. The van der Waals surface area contributed by atoms with Gasteiger partial charge in [0, 0.05) is 30.0 Å². The first kappa shape index (κ1) is 18.2. The van der Waals surface area contributed by atoms with Crippen molar-refractivity contribution in [3.8, 4) is 11.3 Å². The second-order valence-electron chi connectivity index (χ2n) is 6.26. The summed E-state index contributed by atoms with van der Waals surface area (Å²) in [4.78, 5) is 16.2. The Kier molecular flexibility index (Phi) is 6.34. The van der Waals surface area contributed by atoms with E-state index in [1.54, 1.807) is 24.4 Å². The SMILES string of the molecule is O=C(CCc1ncc(-c2ccc(Cl)cc2Cl)o1)NCC1CCCNC1. The Morgan fingerprint density at radius 3 is 3.04 bits per heavy atom. The van der Waals surface area contributed by atoms with Crippen molar-refractivity contribution in [3.05, 3.63) is 40.3 Å². The van der Waals surface area contributed by atoms with Crippen molar-refractivity contribution < 1.29 is 9.21 Å². The van der Waals surface area contributed by atoms with Gasteiger partial charge < -0.3 is 15.1 Å². The molecule has 0 spiro atoms. The second-order valence-corrected chi connectivity index (χ2v) is 7.10. The van der Waals surface area contributed by atoms with E-state index in [0.29, 0.717) is 40.5 Å². The molecule has 0 radical (unpaired) electrons. The minimum absolute atomic E-state index is 0.0230. The van der Waals surface area contributed by atoms with Crippen LogP contribution < -0.4 is 10.6 Å². The van der Waals surface area contributed by atoms with E-state index in [1.807, 2.05) is 0 Å². The standard InChI is InChI=1S/C18H21Cl2N3O2/c19-13-3-4-14(15(20)8-13)16-11-23-18(25-16)6-5-17(24)22-10-12-2-1-7-21-9-12/h3-4,8,11-12,21H,1-2,5-7,9-10H2,(H,22,24). The number of hydrogen-bond donors (Lipinski definition) is 2. The van der Waals surface area contributed by atoms with Crippen molar-refractivity contribution in [2.45, 2.75) is 25.7 Å². The van der Waals surface area contributed by atoms with Gasteiger partial charge >= 0.3 is 0 Å². The Morgan fingerprint density at radius 1 is 1.40 bits per heavy atom. The molecule has 1 saturated heterocycles. The summed E-state index contributed by atoms with van der Waals surface area (Å²) in [6.07, 6.45) is 4.77. The minimum Gasteiger partial charge on any atom is -0.441 e. The van der Waals surface area contributed by atoms with Crippen LogP contribution in [-0.2, 0) is 11.2 Å². The molecule has 2 N–H and O–H groups in total. The summed E-state index contributed by atoms with van der Waals surface area (Å²) in [6.45, 7) is 2.78. The Balaban J connectivity index is 1.48. The summed E-state index contributed by atoms with van der Waals surface area (Å²) in [6, 6.07) is 5.20. The summed E-state index contributed by atoms with van der Waals surface area (Å²) in [5.41, 5.74) is 0.735. The van der Waals surface area contributed by atoms with Gasteiger partial charge in [-0.05, 0) is 50.0 Å². The van der Waals surface area contributed by atoms with E-state index < -0.39 is 0 Å². The molecule has 1 aromatic carbocycles. The first-order valence-electron chi connectivity index (χ1n) is 8.49. The fourth-order valence-corrected chi connectivity index (χ4v) is 3.41. The zero-order valence-electron chi connectivity index (χ0n) is 13.9. The van der Waals surface area contributed by atoms with E-state index in [2.05, 4.69) is 15.6 Å². The van der Waals surface area contributed by atoms with Crippen LogP contribution in [0.15, 0.2) is 28.8 Å². The molecule has 134 valence electrons. The van der Waals surface area contributed by atoms with Crippen LogP contribution in [0.1, 0.15) is 25.2 Å². The fourth-order valence-electron chi connectivity index (χ4n) is 2.90. The van der Waals surface area contributed by atoms with Gasteiger partial charge in [-0.25, -0.2) is 4.98 Å². The highest BCUT2D eigenvalue weighted by Gasteiger charge is 2.15. The Bertz CT molecular complexity index is 727. The molecule has 2 aromatic rings. The second kappa shape index (κ2) is 8.70. The molecule has 2 heterocycles. The summed E-state index contributed by atoms with van der Waals surface area (Å²) in [7, 11) is 0. The molecule has 0 aliphatic carbocycles. The average molecular weight is 382 g/mol. The monoisotopic (exact) mass is 381 g/mol.